The molecule has 4 rings (SSSR count). The quantitative estimate of drug-likeness (QED) is 0.579. The number of aryl methyl sites for hydroxylation is 1. The monoisotopic (exact) mass is 432 g/mol. The number of amides is 2. The maximum Gasteiger partial charge on any atom is 0.282 e. The zero-order chi connectivity index (χ0) is 22.8. The van der Waals surface area contributed by atoms with E-state index in [1.54, 1.807) is 36.4 Å². The largest absolute Gasteiger partial charge is 0.497 e. The van der Waals surface area contributed by atoms with Gasteiger partial charge < -0.3 is 14.8 Å². The zero-order valence-corrected chi connectivity index (χ0v) is 17.8. The molecule has 1 aliphatic rings. The van der Waals surface area contributed by atoms with Crippen LogP contribution in [0.3, 0.4) is 0 Å². The van der Waals surface area contributed by atoms with Crippen molar-refractivity contribution in [2.75, 3.05) is 24.4 Å². The van der Waals surface area contributed by atoms with Crippen molar-refractivity contribution in [2.45, 2.75) is 6.92 Å². The van der Waals surface area contributed by atoms with Crippen LogP contribution in [0.15, 0.2) is 72.4 Å². The van der Waals surface area contributed by atoms with E-state index in [0.29, 0.717) is 22.7 Å². The van der Waals surface area contributed by atoms with Gasteiger partial charge in [-0.05, 0) is 24.6 Å². The van der Waals surface area contributed by atoms with Crippen LogP contribution < -0.4 is 19.7 Å². The molecule has 3 aromatic rings. The van der Waals surface area contributed by atoms with Crippen LogP contribution >= 0.6 is 0 Å². The highest BCUT2D eigenvalue weighted by molar-refractivity contribution is 6.46. The molecule has 1 N–H and O–H groups in total. The van der Waals surface area contributed by atoms with E-state index in [1.807, 2.05) is 19.1 Å². The Labute approximate surface area is 184 Å². The third-order valence-corrected chi connectivity index (χ3v) is 5.14. The summed E-state index contributed by atoms with van der Waals surface area (Å²) < 4.78 is 25.1. The van der Waals surface area contributed by atoms with Gasteiger partial charge in [-0.2, -0.15) is 0 Å². The summed E-state index contributed by atoms with van der Waals surface area (Å²) in [6.07, 6.45) is 0. The van der Waals surface area contributed by atoms with Crippen LogP contribution in [0.5, 0.6) is 11.5 Å². The standard InChI is InChI=1S/C25H21FN2O4/c1-15-8-10-16(11-9-15)22-23(27-17-12-18(31-2)14-19(13-17)32-3)25(30)28(24(22)29)21-7-5-4-6-20(21)26/h4-14,27H,1-3H3. The second-order valence-corrected chi connectivity index (χ2v) is 7.24. The number of carbonyl (C=O) groups excluding carboxylic acids is 2. The van der Waals surface area contributed by atoms with Gasteiger partial charge in [0.05, 0.1) is 25.5 Å². The summed E-state index contributed by atoms with van der Waals surface area (Å²) in [6.45, 7) is 1.92. The Morgan fingerprint density at radius 2 is 1.47 bits per heavy atom. The number of halogens is 1. The van der Waals surface area contributed by atoms with Gasteiger partial charge in [-0.3, -0.25) is 9.59 Å². The first-order valence-corrected chi connectivity index (χ1v) is 9.87. The van der Waals surface area contributed by atoms with Crippen molar-refractivity contribution >= 4 is 28.8 Å². The van der Waals surface area contributed by atoms with Crippen LogP contribution in [-0.2, 0) is 9.59 Å². The number of methoxy groups -OCH3 is 2. The molecule has 0 spiro atoms. The van der Waals surface area contributed by atoms with E-state index < -0.39 is 17.6 Å². The normalized spacial score (nSPS) is 13.6. The highest BCUT2D eigenvalue weighted by atomic mass is 19.1. The molecule has 3 aromatic carbocycles. The van der Waals surface area contributed by atoms with E-state index in [2.05, 4.69) is 5.32 Å². The van der Waals surface area contributed by atoms with Gasteiger partial charge in [-0.1, -0.05) is 42.0 Å². The molecule has 7 heteroatoms. The fraction of sp³-hybridized carbons (Fsp3) is 0.120. The maximum atomic E-state index is 14.5. The lowest BCUT2D eigenvalue weighted by Gasteiger charge is -2.16. The lowest BCUT2D eigenvalue weighted by molar-refractivity contribution is -0.120. The summed E-state index contributed by atoms with van der Waals surface area (Å²) in [5.74, 6) is -0.917. The van der Waals surface area contributed by atoms with Crippen LogP contribution in [0.4, 0.5) is 15.8 Å². The molecule has 0 bridgehead atoms. The molecule has 1 aliphatic heterocycles. The summed E-state index contributed by atoms with van der Waals surface area (Å²) in [5.41, 5.74) is 2.12. The molecular formula is C25H21FN2O4. The molecule has 6 nitrogen and oxygen atoms in total. The van der Waals surface area contributed by atoms with Gasteiger partial charge in [-0.25, -0.2) is 9.29 Å². The third kappa shape index (κ3) is 3.80. The Balaban J connectivity index is 1.85. The number of rotatable bonds is 6. The van der Waals surface area contributed by atoms with Gasteiger partial charge in [0.1, 0.15) is 23.0 Å². The van der Waals surface area contributed by atoms with Crippen molar-refractivity contribution in [1.29, 1.82) is 0 Å². The van der Waals surface area contributed by atoms with Crippen LogP contribution in [0, 0.1) is 12.7 Å². The SMILES string of the molecule is COc1cc(NC2=C(c3ccc(C)cc3)C(=O)N(c3ccccc3F)C2=O)cc(OC)c1. The lowest BCUT2D eigenvalue weighted by atomic mass is 10.0. The molecule has 0 unspecified atom stereocenters. The lowest BCUT2D eigenvalue weighted by Crippen LogP contribution is -2.33. The van der Waals surface area contributed by atoms with E-state index in [4.69, 9.17) is 9.47 Å². The van der Waals surface area contributed by atoms with Crippen molar-refractivity contribution < 1.29 is 23.5 Å². The third-order valence-electron chi connectivity index (χ3n) is 5.14. The first kappa shape index (κ1) is 21.1. The first-order valence-electron chi connectivity index (χ1n) is 9.87. The number of imide groups is 1. The van der Waals surface area contributed by atoms with Crippen LogP contribution in [0.2, 0.25) is 0 Å². The van der Waals surface area contributed by atoms with Crippen LogP contribution in [-0.4, -0.2) is 26.0 Å². The van der Waals surface area contributed by atoms with Crippen LogP contribution in [0.25, 0.3) is 5.57 Å². The number of hydrogen-bond donors (Lipinski definition) is 1. The van der Waals surface area contributed by atoms with Gasteiger partial charge >= 0.3 is 0 Å². The van der Waals surface area contributed by atoms with E-state index in [1.165, 1.54) is 32.4 Å². The first-order chi connectivity index (χ1) is 15.4. The molecule has 2 amide bonds. The molecule has 0 saturated carbocycles. The molecule has 0 radical (unpaired) electrons. The minimum atomic E-state index is -0.665. The molecule has 0 saturated heterocycles. The van der Waals surface area contributed by atoms with Gasteiger partial charge in [-0.15, -0.1) is 0 Å². The molecule has 0 fully saturated rings. The van der Waals surface area contributed by atoms with Crippen molar-refractivity contribution in [3.63, 3.8) is 0 Å². The second-order valence-electron chi connectivity index (χ2n) is 7.24. The number of anilines is 2. The Morgan fingerprint density at radius 3 is 2.06 bits per heavy atom. The van der Waals surface area contributed by atoms with Gasteiger partial charge in [0, 0.05) is 23.9 Å². The van der Waals surface area contributed by atoms with Gasteiger partial charge in [0.15, 0.2) is 0 Å². The van der Waals surface area contributed by atoms with E-state index >= 15 is 0 Å². The van der Waals surface area contributed by atoms with Gasteiger partial charge in [0.2, 0.25) is 0 Å². The van der Waals surface area contributed by atoms with E-state index in [-0.39, 0.29) is 17.0 Å². The highest BCUT2D eigenvalue weighted by Crippen LogP contribution is 2.36. The van der Waals surface area contributed by atoms with E-state index in [0.717, 1.165) is 10.5 Å². The number of benzene rings is 3. The van der Waals surface area contributed by atoms with Crippen molar-refractivity contribution in [2.24, 2.45) is 0 Å². The molecule has 162 valence electrons. The Bertz CT molecular complexity index is 1210. The summed E-state index contributed by atoms with van der Waals surface area (Å²) in [5, 5.41) is 3.04. The molecule has 0 aromatic heterocycles. The molecule has 1 heterocycles. The van der Waals surface area contributed by atoms with Crippen molar-refractivity contribution in [3.05, 3.63) is 89.4 Å². The summed E-state index contributed by atoms with van der Waals surface area (Å²) in [6, 6.07) is 17.9. The maximum absolute atomic E-state index is 14.5. The smallest absolute Gasteiger partial charge is 0.282 e. The number of carbonyl (C=O) groups is 2. The number of ether oxygens (including phenoxy) is 2. The number of hydrogen-bond acceptors (Lipinski definition) is 5. The number of para-hydroxylation sites is 1. The van der Waals surface area contributed by atoms with Crippen molar-refractivity contribution in [3.8, 4) is 11.5 Å². The summed E-state index contributed by atoms with van der Waals surface area (Å²) >= 11 is 0. The summed E-state index contributed by atoms with van der Waals surface area (Å²) in [7, 11) is 3.03. The molecule has 0 atom stereocenters. The average molecular weight is 432 g/mol. The van der Waals surface area contributed by atoms with Gasteiger partial charge in [0.25, 0.3) is 11.8 Å². The number of nitrogens with zero attached hydrogens (tertiary/aromatic N) is 1. The zero-order valence-electron chi connectivity index (χ0n) is 17.8. The predicted octanol–water partition coefficient (Wildman–Crippen LogP) is 4.55. The number of nitrogens with one attached hydrogen (secondary N) is 1. The van der Waals surface area contributed by atoms with Crippen LogP contribution in [0.1, 0.15) is 11.1 Å². The Morgan fingerprint density at radius 1 is 0.844 bits per heavy atom. The van der Waals surface area contributed by atoms with Crippen molar-refractivity contribution in [1.82, 2.24) is 0 Å². The summed E-state index contributed by atoms with van der Waals surface area (Å²) in [4.78, 5) is 27.6. The molecular weight excluding hydrogens is 411 g/mol. The fourth-order valence-electron chi connectivity index (χ4n) is 3.51. The fourth-order valence-corrected chi connectivity index (χ4v) is 3.51. The minimum Gasteiger partial charge on any atom is -0.497 e. The second kappa shape index (κ2) is 8.55. The minimum absolute atomic E-state index is 0.0393. The Kier molecular flexibility index (Phi) is 5.64. The highest BCUT2D eigenvalue weighted by Gasteiger charge is 2.41. The topological polar surface area (TPSA) is 67.9 Å². The Hall–Kier alpha value is -4.13. The van der Waals surface area contributed by atoms with E-state index in [9.17, 15) is 14.0 Å². The molecule has 0 aliphatic carbocycles. The predicted molar refractivity (Wildman–Crippen MR) is 120 cm³/mol. The average Bonchev–Trinajstić information content (AvgIpc) is 3.04. The molecule has 32 heavy (non-hydrogen) atoms.